The van der Waals surface area contributed by atoms with Gasteiger partial charge in [0, 0.05) is 17.0 Å². The molecule has 2 aromatic carbocycles. The fourth-order valence-corrected chi connectivity index (χ4v) is 3.79. The Balaban J connectivity index is 1.79. The number of amides is 1. The number of nitrogens with zero attached hydrogens (tertiary/aromatic N) is 1. The summed E-state index contributed by atoms with van der Waals surface area (Å²) in [6.45, 7) is 2.45. The number of halogens is 1. The van der Waals surface area contributed by atoms with Crippen molar-refractivity contribution in [2.75, 3.05) is 6.54 Å². The Morgan fingerprint density at radius 1 is 1.17 bits per heavy atom. The molecule has 6 heteroatoms. The van der Waals surface area contributed by atoms with Crippen molar-refractivity contribution in [3.05, 3.63) is 82.3 Å². The first-order chi connectivity index (χ1) is 14.0. The van der Waals surface area contributed by atoms with Crippen LogP contribution in [0.3, 0.4) is 0 Å². The van der Waals surface area contributed by atoms with Crippen molar-refractivity contribution in [3.63, 3.8) is 0 Å². The van der Waals surface area contributed by atoms with Gasteiger partial charge in [-0.05, 0) is 36.2 Å². The lowest BCUT2D eigenvalue weighted by atomic mass is 9.95. The second-order valence-corrected chi connectivity index (χ2v) is 7.48. The van der Waals surface area contributed by atoms with E-state index < -0.39 is 23.5 Å². The van der Waals surface area contributed by atoms with Crippen LogP contribution in [0.1, 0.15) is 41.9 Å². The maximum absolute atomic E-state index is 13.3. The first-order valence-electron chi connectivity index (χ1n) is 9.54. The second-order valence-electron chi connectivity index (χ2n) is 7.05. The number of aliphatic hydroxyl groups excluding tert-OH is 1. The zero-order valence-electron chi connectivity index (χ0n) is 15.9. The number of Topliss-reactive ketones (excluding diaryl/α,β-unsaturated/α-hetero) is 1. The Hall–Kier alpha value is -3.05. The molecule has 0 spiro atoms. The second kappa shape index (κ2) is 7.76. The first-order valence-corrected chi connectivity index (χ1v) is 9.92. The Bertz CT molecular complexity index is 1080. The van der Waals surface area contributed by atoms with E-state index in [4.69, 9.17) is 16.0 Å². The predicted molar refractivity (Wildman–Crippen MR) is 111 cm³/mol. The monoisotopic (exact) mass is 409 g/mol. The molecule has 1 aromatic heterocycles. The molecule has 1 aliphatic rings. The molecule has 5 nitrogen and oxygen atoms in total. The zero-order chi connectivity index (χ0) is 20.5. The molecule has 148 valence electrons. The zero-order valence-corrected chi connectivity index (χ0v) is 16.6. The smallest absolute Gasteiger partial charge is 0.290 e. The van der Waals surface area contributed by atoms with E-state index >= 15 is 0 Å². The molecular weight excluding hydrogens is 390 g/mol. The molecule has 3 aromatic rings. The lowest BCUT2D eigenvalue weighted by molar-refractivity contribution is -0.129. The molecule has 0 aliphatic carbocycles. The largest absolute Gasteiger partial charge is 0.503 e. The van der Waals surface area contributed by atoms with Crippen LogP contribution < -0.4 is 0 Å². The standard InChI is InChI=1S/C23H20ClNO4/c1-2-3-12-25-20(14-8-10-16(24)11-9-14)19(22(27)23(25)28)21(26)18-13-15-6-4-5-7-17(15)29-18/h4-11,13,20,27H,2-3,12H2,1H3. The molecule has 1 amide bonds. The summed E-state index contributed by atoms with van der Waals surface area (Å²) >= 11 is 6.01. The minimum Gasteiger partial charge on any atom is -0.503 e. The maximum atomic E-state index is 13.3. The highest BCUT2D eigenvalue weighted by atomic mass is 35.5. The maximum Gasteiger partial charge on any atom is 0.290 e. The van der Waals surface area contributed by atoms with E-state index in [-0.39, 0.29) is 11.3 Å². The number of hydrogen-bond acceptors (Lipinski definition) is 4. The van der Waals surface area contributed by atoms with Gasteiger partial charge in [-0.2, -0.15) is 0 Å². The van der Waals surface area contributed by atoms with E-state index in [0.717, 1.165) is 18.2 Å². The predicted octanol–water partition coefficient (Wildman–Crippen LogP) is 5.46. The fourth-order valence-electron chi connectivity index (χ4n) is 3.66. The quantitative estimate of drug-likeness (QED) is 0.548. The molecule has 1 atom stereocenters. The van der Waals surface area contributed by atoms with Gasteiger partial charge < -0.3 is 14.4 Å². The third-order valence-electron chi connectivity index (χ3n) is 5.14. The summed E-state index contributed by atoms with van der Waals surface area (Å²) < 4.78 is 5.70. The fraction of sp³-hybridized carbons (Fsp3) is 0.217. The molecule has 0 fully saturated rings. The van der Waals surface area contributed by atoms with Gasteiger partial charge in [0.2, 0.25) is 5.78 Å². The molecule has 1 N–H and O–H groups in total. The van der Waals surface area contributed by atoms with Gasteiger partial charge in [0.05, 0.1) is 11.6 Å². The third kappa shape index (κ3) is 3.42. The van der Waals surface area contributed by atoms with Gasteiger partial charge in [0.25, 0.3) is 5.91 Å². The molecule has 0 radical (unpaired) electrons. The third-order valence-corrected chi connectivity index (χ3v) is 5.39. The summed E-state index contributed by atoms with van der Waals surface area (Å²) in [5, 5.41) is 12.0. The number of benzene rings is 2. The Morgan fingerprint density at radius 3 is 2.59 bits per heavy atom. The van der Waals surface area contributed by atoms with E-state index in [0.29, 0.717) is 22.7 Å². The van der Waals surface area contributed by atoms with Crippen molar-refractivity contribution in [3.8, 4) is 0 Å². The SMILES string of the molecule is CCCCN1C(=O)C(O)=C(C(=O)c2cc3ccccc3o2)C1c1ccc(Cl)cc1. The summed E-state index contributed by atoms with van der Waals surface area (Å²) in [7, 11) is 0. The van der Waals surface area contributed by atoms with Crippen molar-refractivity contribution in [2.24, 2.45) is 0 Å². The Kier molecular flexibility index (Phi) is 5.16. The van der Waals surface area contributed by atoms with Gasteiger partial charge in [0.1, 0.15) is 5.58 Å². The number of aliphatic hydroxyl groups is 1. The molecule has 4 rings (SSSR count). The van der Waals surface area contributed by atoms with Crippen LogP contribution in [-0.2, 0) is 4.79 Å². The molecular formula is C23H20ClNO4. The number of hydrogen-bond donors (Lipinski definition) is 1. The average Bonchev–Trinajstić information content (AvgIpc) is 3.26. The Morgan fingerprint density at radius 2 is 1.90 bits per heavy atom. The van der Waals surface area contributed by atoms with Crippen molar-refractivity contribution in [2.45, 2.75) is 25.8 Å². The highest BCUT2D eigenvalue weighted by molar-refractivity contribution is 6.30. The van der Waals surface area contributed by atoms with E-state index in [1.54, 1.807) is 36.4 Å². The normalized spacial score (nSPS) is 16.8. The van der Waals surface area contributed by atoms with Crippen molar-refractivity contribution >= 4 is 34.3 Å². The number of ketones is 1. The first kappa shape index (κ1) is 19.3. The van der Waals surface area contributed by atoms with Crippen molar-refractivity contribution in [1.82, 2.24) is 4.90 Å². The topological polar surface area (TPSA) is 70.8 Å². The number of carbonyl (C=O) groups is 2. The van der Waals surface area contributed by atoms with Gasteiger partial charge in [-0.3, -0.25) is 9.59 Å². The molecule has 1 unspecified atom stereocenters. The van der Waals surface area contributed by atoms with Crippen LogP contribution in [0.2, 0.25) is 5.02 Å². The van der Waals surface area contributed by atoms with Crippen LogP contribution in [-0.4, -0.2) is 28.2 Å². The summed E-state index contributed by atoms with van der Waals surface area (Å²) in [6.07, 6.45) is 1.64. The van der Waals surface area contributed by atoms with Gasteiger partial charge in [-0.1, -0.05) is 55.3 Å². The summed E-state index contributed by atoms with van der Waals surface area (Å²) in [4.78, 5) is 27.7. The van der Waals surface area contributed by atoms with Crippen LogP contribution in [0.15, 0.2) is 70.3 Å². The van der Waals surface area contributed by atoms with Crippen LogP contribution in [0.25, 0.3) is 11.0 Å². The molecule has 0 bridgehead atoms. The van der Waals surface area contributed by atoms with Gasteiger partial charge >= 0.3 is 0 Å². The van der Waals surface area contributed by atoms with Gasteiger partial charge in [-0.15, -0.1) is 0 Å². The summed E-state index contributed by atoms with van der Waals surface area (Å²) in [5.74, 6) is -1.47. The van der Waals surface area contributed by atoms with E-state index in [1.165, 1.54) is 4.90 Å². The minimum absolute atomic E-state index is 0.0347. The number of para-hydroxylation sites is 1. The van der Waals surface area contributed by atoms with Gasteiger partial charge in [0.15, 0.2) is 11.5 Å². The number of furan rings is 1. The average molecular weight is 410 g/mol. The number of rotatable bonds is 6. The molecule has 29 heavy (non-hydrogen) atoms. The summed E-state index contributed by atoms with van der Waals surface area (Å²) in [6, 6.07) is 15.2. The summed E-state index contributed by atoms with van der Waals surface area (Å²) in [5.41, 5.74) is 1.32. The highest BCUT2D eigenvalue weighted by Crippen LogP contribution is 2.40. The molecule has 0 saturated heterocycles. The lowest BCUT2D eigenvalue weighted by Gasteiger charge is -2.26. The molecule has 1 aliphatic heterocycles. The van der Waals surface area contributed by atoms with Crippen LogP contribution in [0, 0.1) is 0 Å². The van der Waals surface area contributed by atoms with Crippen molar-refractivity contribution < 1.29 is 19.1 Å². The van der Waals surface area contributed by atoms with E-state index in [9.17, 15) is 14.7 Å². The Labute approximate surface area is 173 Å². The van der Waals surface area contributed by atoms with Crippen LogP contribution in [0.5, 0.6) is 0 Å². The van der Waals surface area contributed by atoms with E-state index in [1.807, 2.05) is 25.1 Å². The molecule has 2 heterocycles. The number of carbonyl (C=O) groups excluding carboxylic acids is 2. The van der Waals surface area contributed by atoms with E-state index in [2.05, 4.69) is 0 Å². The number of fused-ring (bicyclic) bond motifs is 1. The van der Waals surface area contributed by atoms with Crippen molar-refractivity contribution in [1.29, 1.82) is 0 Å². The van der Waals surface area contributed by atoms with Crippen LogP contribution in [0.4, 0.5) is 0 Å². The lowest BCUT2D eigenvalue weighted by Crippen LogP contribution is -2.32. The highest BCUT2D eigenvalue weighted by Gasteiger charge is 2.44. The minimum atomic E-state index is -0.688. The van der Waals surface area contributed by atoms with Gasteiger partial charge in [-0.25, -0.2) is 0 Å². The number of unbranched alkanes of at least 4 members (excludes halogenated alkanes) is 1. The van der Waals surface area contributed by atoms with Crippen LogP contribution >= 0.6 is 11.6 Å². The molecule has 0 saturated carbocycles.